The number of para-hydroxylation sites is 2. The Morgan fingerprint density at radius 3 is 2.61 bits per heavy atom. The summed E-state index contributed by atoms with van der Waals surface area (Å²) >= 11 is 1.99. The molecule has 0 heterocycles. The highest BCUT2D eigenvalue weighted by Gasteiger charge is 2.09. The number of hydrogen-bond acceptors (Lipinski definition) is 3. The third kappa shape index (κ3) is 2.73. The largest absolute Gasteiger partial charge is 0.507 e. The van der Waals surface area contributed by atoms with E-state index in [2.05, 4.69) is 5.32 Å². The molecule has 0 aliphatic carbocycles. The van der Waals surface area contributed by atoms with Gasteiger partial charge in [-0.15, -0.1) is 0 Å². The van der Waals surface area contributed by atoms with Gasteiger partial charge in [-0.3, -0.25) is 4.79 Å². The summed E-state index contributed by atoms with van der Waals surface area (Å²) in [5.74, 6) is -0.219. The van der Waals surface area contributed by atoms with E-state index in [1.54, 1.807) is 36.4 Å². The van der Waals surface area contributed by atoms with Crippen LogP contribution in [0.1, 0.15) is 10.4 Å². The van der Waals surface area contributed by atoms with Crippen LogP contribution >= 0.6 is 22.6 Å². The monoisotopic (exact) mass is 354 g/mol. The van der Waals surface area contributed by atoms with Crippen LogP contribution in [0.15, 0.2) is 42.5 Å². The van der Waals surface area contributed by atoms with Crippen molar-refractivity contribution in [2.45, 2.75) is 0 Å². The Morgan fingerprint density at radius 2 is 1.94 bits per heavy atom. The molecule has 0 spiro atoms. The molecule has 4 nitrogen and oxygen atoms in total. The number of benzene rings is 2. The van der Waals surface area contributed by atoms with Crippen LogP contribution in [0.5, 0.6) is 5.75 Å². The van der Waals surface area contributed by atoms with Gasteiger partial charge in [-0.1, -0.05) is 12.1 Å². The molecule has 0 fully saturated rings. The molecule has 4 N–H and O–H groups in total. The van der Waals surface area contributed by atoms with E-state index < -0.39 is 0 Å². The number of rotatable bonds is 2. The van der Waals surface area contributed by atoms with Crippen LogP contribution in [0.3, 0.4) is 0 Å². The average molecular weight is 354 g/mol. The normalized spacial score (nSPS) is 10.1. The summed E-state index contributed by atoms with van der Waals surface area (Å²) < 4.78 is 0.698. The van der Waals surface area contributed by atoms with Gasteiger partial charge in [0.1, 0.15) is 5.75 Å². The fourth-order valence-electron chi connectivity index (χ4n) is 1.46. The zero-order chi connectivity index (χ0) is 13.1. The van der Waals surface area contributed by atoms with Crippen molar-refractivity contribution < 1.29 is 9.90 Å². The number of nitrogens with one attached hydrogen (secondary N) is 1. The predicted molar refractivity (Wildman–Crippen MR) is 79.6 cm³/mol. The molecule has 2 rings (SSSR count). The van der Waals surface area contributed by atoms with E-state index in [1.807, 2.05) is 22.6 Å². The van der Waals surface area contributed by atoms with Gasteiger partial charge in [0.15, 0.2) is 0 Å². The van der Waals surface area contributed by atoms with Crippen molar-refractivity contribution in [3.05, 3.63) is 51.6 Å². The minimum Gasteiger partial charge on any atom is -0.507 e. The van der Waals surface area contributed by atoms with E-state index in [4.69, 9.17) is 5.73 Å². The van der Waals surface area contributed by atoms with Crippen LogP contribution in [0.4, 0.5) is 11.4 Å². The SMILES string of the molecule is Nc1ccccc1NC(=O)c1ccc(I)c(O)c1. The van der Waals surface area contributed by atoms with Gasteiger partial charge in [-0.2, -0.15) is 0 Å². The van der Waals surface area contributed by atoms with Crippen LogP contribution < -0.4 is 11.1 Å². The number of hydrogen-bond donors (Lipinski definition) is 3. The molecule has 0 saturated carbocycles. The Kier molecular flexibility index (Phi) is 3.71. The summed E-state index contributed by atoms with van der Waals surface area (Å²) in [4.78, 5) is 11.9. The molecule has 0 saturated heterocycles. The maximum absolute atomic E-state index is 11.9. The van der Waals surface area contributed by atoms with Gasteiger partial charge in [0.2, 0.25) is 0 Å². The number of carbonyl (C=O) groups is 1. The van der Waals surface area contributed by atoms with Gasteiger partial charge in [-0.05, 0) is 52.9 Å². The summed E-state index contributed by atoms with van der Waals surface area (Å²) in [6.07, 6.45) is 0. The summed E-state index contributed by atoms with van der Waals surface area (Å²) in [7, 11) is 0. The highest BCUT2D eigenvalue weighted by Crippen LogP contribution is 2.22. The fraction of sp³-hybridized carbons (Fsp3) is 0. The molecule has 0 aromatic heterocycles. The molecule has 2 aromatic carbocycles. The molecule has 92 valence electrons. The highest BCUT2D eigenvalue weighted by molar-refractivity contribution is 14.1. The molecule has 2 aromatic rings. The second kappa shape index (κ2) is 5.26. The molecule has 0 unspecified atom stereocenters. The summed E-state index contributed by atoms with van der Waals surface area (Å²) in [6.45, 7) is 0. The van der Waals surface area contributed by atoms with Gasteiger partial charge in [-0.25, -0.2) is 0 Å². The Bertz CT molecular complexity index is 599. The minimum absolute atomic E-state index is 0.0873. The lowest BCUT2D eigenvalue weighted by molar-refractivity contribution is 0.102. The maximum atomic E-state index is 11.9. The number of halogens is 1. The lowest BCUT2D eigenvalue weighted by Gasteiger charge is -2.08. The lowest BCUT2D eigenvalue weighted by atomic mass is 10.2. The second-order valence-corrected chi connectivity index (χ2v) is 4.87. The number of nitrogens with two attached hydrogens (primary N) is 1. The first-order chi connectivity index (χ1) is 8.58. The van der Waals surface area contributed by atoms with Crippen LogP contribution in [-0.4, -0.2) is 11.0 Å². The Balaban J connectivity index is 2.22. The average Bonchev–Trinajstić information content (AvgIpc) is 2.35. The molecular formula is C13H11IN2O2. The Morgan fingerprint density at radius 1 is 1.22 bits per heavy atom. The lowest BCUT2D eigenvalue weighted by Crippen LogP contribution is -2.13. The van der Waals surface area contributed by atoms with Crippen molar-refractivity contribution in [2.24, 2.45) is 0 Å². The number of phenolic OH excluding ortho intramolecular Hbond substituents is 1. The van der Waals surface area contributed by atoms with Crippen LogP contribution in [0.25, 0.3) is 0 Å². The molecule has 0 atom stereocenters. The third-order valence-electron chi connectivity index (χ3n) is 2.42. The topological polar surface area (TPSA) is 75.3 Å². The Hall–Kier alpha value is -1.76. The summed E-state index contributed by atoms with van der Waals surface area (Å²) in [6, 6.07) is 11.8. The van der Waals surface area contributed by atoms with Gasteiger partial charge >= 0.3 is 0 Å². The van der Waals surface area contributed by atoms with Crippen molar-refractivity contribution in [2.75, 3.05) is 11.1 Å². The van der Waals surface area contributed by atoms with Crippen molar-refractivity contribution >= 4 is 39.9 Å². The molecular weight excluding hydrogens is 343 g/mol. The number of carbonyl (C=O) groups excluding carboxylic acids is 1. The van der Waals surface area contributed by atoms with E-state index in [-0.39, 0.29) is 11.7 Å². The molecule has 0 bridgehead atoms. The standard InChI is InChI=1S/C13H11IN2O2/c14-9-6-5-8(7-12(9)17)13(18)16-11-4-2-1-3-10(11)15/h1-7,17H,15H2,(H,16,18). The van der Waals surface area contributed by atoms with Gasteiger partial charge in [0.05, 0.1) is 14.9 Å². The van der Waals surface area contributed by atoms with E-state index in [0.717, 1.165) is 0 Å². The second-order valence-electron chi connectivity index (χ2n) is 3.71. The minimum atomic E-state index is -0.306. The number of anilines is 2. The molecule has 5 heteroatoms. The quantitative estimate of drug-likeness (QED) is 0.574. The zero-order valence-corrected chi connectivity index (χ0v) is 11.5. The van der Waals surface area contributed by atoms with Gasteiger partial charge < -0.3 is 16.2 Å². The molecule has 0 aliphatic rings. The number of nitrogen functional groups attached to an aromatic ring is 1. The number of phenols is 1. The number of amides is 1. The van der Waals surface area contributed by atoms with E-state index >= 15 is 0 Å². The first-order valence-electron chi connectivity index (χ1n) is 5.22. The van der Waals surface area contributed by atoms with Crippen LogP contribution in [0, 0.1) is 3.57 Å². The van der Waals surface area contributed by atoms with E-state index in [1.165, 1.54) is 6.07 Å². The smallest absolute Gasteiger partial charge is 0.255 e. The summed E-state index contributed by atoms with van der Waals surface area (Å²) in [5.41, 5.74) is 7.18. The van der Waals surface area contributed by atoms with Crippen LogP contribution in [0.2, 0.25) is 0 Å². The predicted octanol–water partition coefficient (Wildman–Crippen LogP) is 2.83. The van der Waals surface area contributed by atoms with E-state index in [0.29, 0.717) is 20.5 Å². The summed E-state index contributed by atoms with van der Waals surface area (Å²) in [5, 5.41) is 12.3. The van der Waals surface area contributed by atoms with Gasteiger partial charge in [0, 0.05) is 5.56 Å². The molecule has 1 amide bonds. The van der Waals surface area contributed by atoms with Crippen molar-refractivity contribution in [1.29, 1.82) is 0 Å². The first kappa shape index (κ1) is 12.7. The maximum Gasteiger partial charge on any atom is 0.255 e. The number of aromatic hydroxyl groups is 1. The van der Waals surface area contributed by atoms with Crippen molar-refractivity contribution in [1.82, 2.24) is 0 Å². The molecule has 0 aliphatic heterocycles. The molecule has 18 heavy (non-hydrogen) atoms. The highest BCUT2D eigenvalue weighted by atomic mass is 127. The van der Waals surface area contributed by atoms with E-state index in [9.17, 15) is 9.90 Å². The van der Waals surface area contributed by atoms with Gasteiger partial charge in [0.25, 0.3) is 5.91 Å². The van der Waals surface area contributed by atoms with Crippen molar-refractivity contribution in [3.8, 4) is 5.75 Å². The zero-order valence-electron chi connectivity index (χ0n) is 9.35. The fourth-order valence-corrected chi connectivity index (χ4v) is 1.79. The first-order valence-corrected chi connectivity index (χ1v) is 6.30. The Labute approximate surface area is 118 Å². The molecule has 0 radical (unpaired) electrons. The van der Waals surface area contributed by atoms with Crippen molar-refractivity contribution in [3.63, 3.8) is 0 Å². The third-order valence-corrected chi connectivity index (χ3v) is 3.33. The van der Waals surface area contributed by atoms with Crippen LogP contribution in [-0.2, 0) is 0 Å².